The van der Waals surface area contributed by atoms with Crippen molar-refractivity contribution in [3.63, 3.8) is 0 Å². The Hall–Kier alpha value is -1.88. The van der Waals surface area contributed by atoms with Gasteiger partial charge in [0.25, 0.3) is 0 Å². The molecule has 0 aliphatic rings. The fourth-order valence-corrected chi connectivity index (χ4v) is 2.28. The topological polar surface area (TPSA) is 72.8 Å². The molecule has 21 heavy (non-hydrogen) atoms. The summed E-state index contributed by atoms with van der Waals surface area (Å²) in [4.78, 5) is 24.0. The highest BCUT2D eigenvalue weighted by Gasteiger charge is 2.38. The first-order chi connectivity index (χ1) is 9.93. The van der Waals surface area contributed by atoms with Gasteiger partial charge < -0.3 is 14.6 Å². The van der Waals surface area contributed by atoms with Crippen molar-refractivity contribution in [1.82, 2.24) is 0 Å². The first kappa shape index (κ1) is 17.2. The number of aliphatic hydroxyl groups excluding tert-OH is 1. The average molecular weight is 294 g/mol. The van der Waals surface area contributed by atoms with Gasteiger partial charge >= 0.3 is 11.9 Å². The van der Waals surface area contributed by atoms with Crippen LogP contribution in [0.4, 0.5) is 0 Å². The van der Waals surface area contributed by atoms with E-state index in [1.807, 2.05) is 32.0 Å². The third-order valence-electron chi connectivity index (χ3n) is 3.23. The molecule has 1 rings (SSSR count). The predicted molar refractivity (Wildman–Crippen MR) is 77.6 cm³/mol. The van der Waals surface area contributed by atoms with Crippen molar-refractivity contribution in [1.29, 1.82) is 0 Å². The Morgan fingerprint density at radius 3 is 1.86 bits per heavy atom. The van der Waals surface area contributed by atoms with Crippen molar-refractivity contribution >= 4 is 11.9 Å². The van der Waals surface area contributed by atoms with Crippen LogP contribution in [0.25, 0.3) is 0 Å². The number of carbonyl (C=O) groups is 2. The molecule has 1 unspecified atom stereocenters. The maximum absolute atomic E-state index is 12.0. The van der Waals surface area contributed by atoms with Gasteiger partial charge in [-0.2, -0.15) is 0 Å². The average Bonchev–Trinajstić information content (AvgIpc) is 2.39. The molecule has 0 aromatic heterocycles. The van der Waals surface area contributed by atoms with E-state index in [4.69, 9.17) is 9.47 Å². The molecule has 0 amide bonds. The van der Waals surface area contributed by atoms with Gasteiger partial charge in [-0.05, 0) is 44.4 Å². The monoisotopic (exact) mass is 294 g/mol. The predicted octanol–water partition coefficient (Wildman–Crippen LogP) is 2.08. The standard InChI is InChI=1S/C16H22O5/c1-5-20-15(18)13(16(19)21-6-2)14(17)12-10(3)8-7-9-11(12)4/h7-9,13-14,17H,5-6H2,1-4H3. The van der Waals surface area contributed by atoms with Crippen LogP contribution in [-0.2, 0) is 19.1 Å². The summed E-state index contributed by atoms with van der Waals surface area (Å²) in [6, 6.07) is 5.49. The van der Waals surface area contributed by atoms with Crippen LogP contribution in [0.3, 0.4) is 0 Å². The van der Waals surface area contributed by atoms with Gasteiger partial charge in [0.1, 0.15) is 6.10 Å². The van der Waals surface area contributed by atoms with Gasteiger partial charge in [-0.3, -0.25) is 9.59 Å². The summed E-state index contributed by atoms with van der Waals surface area (Å²) < 4.78 is 9.79. The van der Waals surface area contributed by atoms with E-state index in [0.29, 0.717) is 5.56 Å². The van der Waals surface area contributed by atoms with Crippen molar-refractivity contribution in [3.05, 3.63) is 34.9 Å². The SMILES string of the molecule is CCOC(=O)C(C(=O)OCC)C(O)c1c(C)cccc1C. The van der Waals surface area contributed by atoms with E-state index < -0.39 is 24.0 Å². The highest BCUT2D eigenvalue weighted by Crippen LogP contribution is 2.29. The summed E-state index contributed by atoms with van der Waals surface area (Å²) >= 11 is 0. The molecule has 0 saturated heterocycles. The molecule has 1 aromatic carbocycles. The lowest BCUT2D eigenvalue weighted by Crippen LogP contribution is -2.34. The molecule has 0 bridgehead atoms. The second-order valence-electron chi connectivity index (χ2n) is 4.73. The molecular weight excluding hydrogens is 272 g/mol. The molecule has 1 N–H and O–H groups in total. The molecule has 0 radical (unpaired) electrons. The minimum atomic E-state index is -1.37. The van der Waals surface area contributed by atoms with Crippen LogP contribution >= 0.6 is 0 Å². The number of hydrogen-bond donors (Lipinski definition) is 1. The number of ether oxygens (including phenoxy) is 2. The molecule has 1 aromatic rings. The number of hydrogen-bond acceptors (Lipinski definition) is 5. The van der Waals surface area contributed by atoms with Gasteiger partial charge in [0.05, 0.1) is 13.2 Å². The molecule has 116 valence electrons. The minimum absolute atomic E-state index is 0.133. The number of benzene rings is 1. The molecule has 0 spiro atoms. The van der Waals surface area contributed by atoms with Crippen LogP contribution in [0.15, 0.2) is 18.2 Å². The van der Waals surface area contributed by atoms with Crippen molar-refractivity contribution in [2.75, 3.05) is 13.2 Å². The summed E-state index contributed by atoms with van der Waals surface area (Å²) in [6.07, 6.45) is -1.29. The van der Waals surface area contributed by atoms with Gasteiger partial charge in [0.2, 0.25) is 0 Å². The van der Waals surface area contributed by atoms with E-state index in [2.05, 4.69) is 0 Å². The zero-order valence-corrected chi connectivity index (χ0v) is 12.9. The molecular formula is C16H22O5. The van der Waals surface area contributed by atoms with Crippen molar-refractivity contribution in [2.24, 2.45) is 5.92 Å². The number of aliphatic hydroxyl groups is 1. The fourth-order valence-electron chi connectivity index (χ4n) is 2.28. The fraction of sp³-hybridized carbons (Fsp3) is 0.500. The Morgan fingerprint density at radius 2 is 1.48 bits per heavy atom. The summed E-state index contributed by atoms with van der Waals surface area (Å²) in [6.45, 7) is 7.19. The van der Waals surface area contributed by atoms with Crippen LogP contribution < -0.4 is 0 Å². The van der Waals surface area contributed by atoms with E-state index in [0.717, 1.165) is 11.1 Å². The Labute approximate surface area is 124 Å². The largest absolute Gasteiger partial charge is 0.465 e. The number of carbonyl (C=O) groups excluding carboxylic acids is 2. The smallest absolute Gasteiger partial charge is 0.323 e. The summed E-state index contributed by atoms with van der Waals surface area (Å²) in [5.74, 6) is -2.91. The summed E-state index contributed by atoms with van der Waals surface area (Å²) in [7, 11) is 0. The van der Waals surface area contributed by atoms with E-state index >= 15 is 0 Å². The molecule has 0 aliphatic heterocycles. The van der Waals surface area contributed by atoms with E-state index in [9.17, 15) is 14.7 Å². The van der Waals surface area contributed by atoms with Crippen molar-refractivity contribution in [2.45, 2.75) is 33.8 Å². The quantitative estimate of drug-likeness (QED) is 0.642. The zero-order chi connectivity index (χ0) is 16.0. The first-order valence-corrected chi connectivity index (χ1v) is 7.01. The molecule has 0 heterocycles. The van der Waals surface area contributed by atoms with E-state index in [-0.39, 0.29) is 13.2 Å². The van der Waals surface area contributed by atoms with Crippen LogP contribution in [0, 0.1) is 19.8 Å². The lowest BCUT2D eigenvalue weighted by molar-refractivity contribution is -0.167. The van der Waals surface area contributed by atoms with Gasteiger partial charge in [-0.15, -0.1) is 0 Å². The molecule has 0 fully saturated rings. The lowest BCUT2D eigenvalue weighted by Gasteiger charge is -2.23. The Balaban J connectivity index is 3.18. The van der Waals surface area contributed by atoms with Gasteiger partial charge in [-0.25, -0.2) is 0 Å². The van der Waals surface area contributed by atoms with Gasteiger partial charge in [0.15, 0.2) is 5.92 Å². The maximum atomic E-state index is 12.0. The van der Waals surface area contributed by atoms with Crippen LogP contribution in [0.1, 0.15) is 36.6 Å². The first-order valence-electron chi connectivity index (χ1n) is 7.01. The zero-order valence-electron chi connectivity index (χ0n) is 12.9. The Bertz CT molecular complexity index is 471. The Kier molecular flexibility index (Phi) is 6.37. The Morgan fingerprint density at radius 1 is 1.05 bits per heavy atom. The lowest BCUT2D eigenvalue weighted by atomic mass is 9.89. The van der Waals surface area contributed by atoms with Gasteiger partial charge in [-0.1, -0.05) is 18.2 Å². The number of rotatable bonds is 6. The maximum Gasteiger partial charge on any atom is 0.323 e. The van der Waals surface area contributed by atoms with E-state index in [1.54, 1.807) is 13.8 Å². The van der Waals surface area contributed by atoms with Gasteiger partial charge in [0, 0.05) is 0 Å². The molecule has 0 saturated carbocycles. The molecule has 1 atom stereocenters. The minimum Gasteiger partial charge on any atom is -0.465 e. The van der Waals surface area contributed by atoms with Crippen LogP contribution in [0.5, 0.6) is 0 Å². The van der Waals surface area contributed by atoms with E-state index in [1.165, 1.54) is 0 Å². The number of aryl methyl sites for hydroxylation is 2. The molecule has 0 aliphatic carbocycles. The van der Waals surface area contributed by atoms with Crippen LogP contribution in [0.2, 0.25) is 0 Å². The second-order valence-corrected chi connectivity index (χ2v) is 4.73. The normalized spacial score (nSPS) is 12.1. The third kappa shape index (κ3) is 4.04. The third-order valence-corrected chi connectivity index (χ3v) is 3.23. The molecule has 5 nitrogen and oxygen atoms in total. The van der Waals surface area contributed by atoms with Crippen molar-refractivity contribution < 1.29 is 24.2 Å². The number of esters is 2. The summed E-state index contributed by atoms with van der Waals surface area (Å²) in [5, 5.41) is 10.5. The van der Waals surface area contributed by atoms with Crippen molar-refractivity contribution in [3.8, 4) is 0 Å². The highest BCUT2D eigenvalue weighted by atomic mass is 16.6. The summed E-state index contributed by atoms with van der Waals surface area (Å²) in [5.41, 5.74) is 2.17. The molecule has 5 heteroatoms. The highest BCUT2D eigenvalue weighted by molar-refractivity contribution is 5.95. The second kappa shape index (κ2) is 7.78. The van der Waals surface area contributed by atoms with Crippen LogP contribution in [-0.4, -0.2) is 30.3 Å².